The highest BCUT2D eigenvalue weighted by molar-refractivity contribution is 5.91. The van der Waals surface area contributed by atoms with Gasteiger partial charge < -0.3 is 19.9 Å². The highest BCUT2D eigenvalue weighted by Crippen LogP contribution is 2.23. The zero-order valence-electron chi connectivity index (χ0n) is 9.79. The average molecular weight is 251 g/mol. The number of nitrogens with two attached hydrogens (primary N) is 1. The van der Waals surface area contributed by atoms with Crippen molar-refractivity contribution in [2.45, 2.75) is 18.8 Å². The van der Waals surface area contributed by atoms with E-state index in [4.69, 9.17) is 19.9 Å². The van der Waals surface area contributed by atoms with Crippen LogP contribution in [0.5, 0.6) is 5.75 Å². The lowest BCUT2D eigenvalue weighted by atomic mass is 10.2. The number of carbonyl (C=O) groups is 2. The Morgan fingerprint density at radius 2 is 1.94 bits per heavy atom. The van der Waals surface area contributed by atoms with Gasteiger partial charge in [-0.05, 0) is 17.7 Å². The molecule has 2 N–H and O–H groups in total. The second-order valence-corrected chi connectivity index (χ2v) is 3.84. The van der Waals surface area contributed by atoms with Crippen LogP contribution in [-0.4, -0.2) is 31.2 Å². The van der Waals surface area contributed by atoms with Gasteiger partial charge in [0, 0.05) is 0 Å². The molecule has 0 spiro atoms. The topological polar surface area (TPSA) is 91.2 Å². The van der Waals surface area contributed by atoms with Crippen molar-refractivity contribution in [3.05, 3.63) is 29.8 Å². The van der Waals surface area contributed by atoms with Crippen LogP contribution in [0.15, 0.2) is 24.3 Å². The number of hydrogen-bond donors (Lipinski definition) is 1. The Bertz CT molecular complexity index is 456. The van der Waals surface area contributed by atoms with Gasteiger partial charge in [-0.3, -0.25) is 4.79 Å². The first-order valence-corrected chi connectivity index (χ1v) is 5.36. The molecule has 0 radical (unpaired) electrons. The molecule has 2 atom stereocenters. The van der Waals surface area contributed by atoms with Crippen LogP contribution >= 0.6 is 0 Å². The smallest absolute Gasteiger partial charge is 0.338 e. The van der Waals surface area contributed by atoms with E-state index in [9.17, 15) is 9.59 Å². The molecule has 1 fully saturated rings. The fraction of sp³-hybridized carbons (Fsp3) is 0.333. The first-order valence-electron chi connectivity index (χ1n) is 5.36. The Kier molecular flexibility index (Phi) is 3.47. The number of carbonyl (C=O) groups excluding carboxylic acids is 2. The van der Waals surface area contributed by atoms with Gasteiger partial charge in [-0.25, -0.2) is 4.79 Å². The highest BCUT2D eigenvalue weighted by Gasteiger charge is 2.50. The van der Waals surface area contributed by atoms with Crippen molar-refractivity contribution in [1.29, 1.82) is 0 Å². The molecule has 1 aliphatic rings. The van der Waals surface area contributed by atoms with E-state index < -0.39 is 24.1 Å². The highest BCUT2D eigenvalue weighted by atomic mass is 16.6. The molecular formula is C12H13NO5. The second kappa shape index (κ2) is 5.05. The quantitative estimate of drug-likeness (QED) is 0.587. The molecular weight excluding hydrogens is 238 g/mol. The number of ether oxygens (including phenoxy) is 3. The summed E-state index contributed by atoms with van der Waals surface area (Å²) in [5, 5.41) is 0. The average Bonchev–Trinajstić information content (AvgIpc) is 3.17. The minimum absolute atomic E-state index is 0.119. The Balaban J connectivity index is 1.81. The molecule has 6 heteroatoms. The van der Waals surface area contributed by atoms with Gasteiger partial charge in [0.05, 0.1) is 7.11 Å². The fourth-order valence-electron chi connectivity index (χ4n) is 1.47. The van der Waals surface area contributed by atoms with Crippen LogP contribution < -0.4 is 10.5 Å². The minimum Gasteiger partial charge on any atom is -0.497 e. The number of esters is 1. The first-order chi connectivity index (χ1) is 8.61. The predicted molar refractivity (Wildman–Crippen MR) is 60.6 cm³/mol. The maximum Gasteiger partial charge on any atom is 0.338 e. The summed E-state index contributed by atoms with van der Waals surface area (Å²) in [4.78, 5) is 22.1. The van der Waals surface area contributed by atoms with E-state index in [0.717, 1.165) is 11.3 Å². The van der Waals surface area contributed by atoms with Crippen LogP contribution in [0.2, 0.25) is 0 Å². The number of benzene rings is 1. The van der Waals surface area contributed by atoms with Crippen LogP contribution in [0.4, 0.5) is 0 Å². The summed E-state index contributed by atoms with van der Waals surface area (Å²) in [6.45, 7) is 0.119. The lowest BCUT2D eigenvalue weighted by molar-refractivity contribution is -0.146. The van der Waals surface area contributed by atoms with Crippen molar-refractivity contribution in [2.75, 3.05) is 7.11 Å². The maximum absolute atomic E-state index is 11.4. The second-order valence-electron chi connectivity index (χ2n) is 3.84. The summed E-state index contributed by atoms with van der Waals surface area (Å²) in [6, 6.07) is 7.10. The van der Waals surface area contributed by atoms with Crippen LogP contribution in [0.25, 0.3) is 0 Å². The molecule has 1 aromatic carbocycles. The zero-order valence-corrected chi connectivity index (χ0v) is 9.79. The van der Waals surface area contributed by atoms with E-state index in [0.29, 0.717) is 0 Å². The molecule has 18 heavy (non-hydrogen) atoms. The Hall–Kier alpha value is -2.08. The normalized spacial score (nSPS) is 21.2. The van der Waals surface area contributed by atoms with Gasteiger partial charge in [0.15, 0.2) is 12.2 Å². The molecule has 96 valence electrons. The lowest BCUT2D eigenvalue weighted by Crippen LogP contribution is -2.24. The molecule has 2 rings (SSSR count). The fourth-order valence-corrected chi connectivity index (χ4v) is 1.47. The summed E-state index contributed by atoms with van der Waals surface area (Å²) < 4.78 is 14.8. The molecule has 1 aromatic rings. The monoisotopic (exact) mass is 251 g/mol. The molecule has 2 unspecified atom stereocenters. The van der Waals surface area contributed by atoms with Crippen molar-refractivity contribution in [3.63, 3.8) is 0 Å². The van der Waals surface area contributed by atoms with Crippen molar-refractivity contribution >= 4 is 11.9 Å². The lowest BCUT2D eigenvalue weighted by Gasteiger charge is -2.04. The number of epoxide rings is 1. The predicted octanol–water partition coefficient (Wildman–Crippen LogP) is -0.00890. The van der Waals surface area contributed by atoms with Crippen molar-refractivity contribution < 1.29 is 23.8 Å². The van der Waals surface area contributed by atoms with Gasteiger partial charge in [0.2, 0.25) is 5.91 Å². The maximum atomic E-state index is 11.4. The molecule has 1 aliphatic heterocycles. The third-order valence-corrected chi connectivity index (χ3v) is 2.54. The van der Waals surface area contributed by atoms with E-state index in [1.807, 2.05) is 0 Å². The Morgan fingerprint density at radius 1 is 1.28 bits per heavy atom. The number of primary amides is 1. The summed E-state index contributed by atoms with van der Waals surface area (Å²) in [5.74, 6) is -0.500. The van der Waals surface area contributed by atoms with Crippen LogP contribution in [-0.2, 0) is 25.7 Å². The van der Waals surface area contributed by atoms with Gasteiger partial charge >= 0.3 is 5.97 Å². The standard InChI is InChI=1S/C12H13NO5/c1-16-8-4-2-7(3-5-8)6-17-12(15)10-9(18-10)11(13)14/h2-5,9-10H,6H2,1H3,(H2,13,14). The van der Waals surface area contributed by atoms with E-state index >= 15 is 0 Å². The summed E-state index contributed by atoms with van der Waals surface area (Å²) >= 11 is 0. The molecule has 1 heterocycles. The summed E-state index contributed by atoms with van der Waals surface area (Å²) in [7, 11) is 1.57. The number of amides is 1. The van der Waals surface area contributed by atoms with E-state index in [-0.39, 0.29) is 6.61 Å². The third kappa shape index (κ3) is 2.78. The molecule has 0 aliphatic carbocycles. The molecule has 1 amide bonds. The molecule has 0 saturated carbocycles. The first kappa shape index (κ1) is 12.4. The van der Waals surface area contributed by atoms with Gasteiger partial charge in [-0.1, -0.05) is 12.1 Å². The van der Waals surface area contributed by atoms with Crippen LogP contribution in [0.3, 0.4) is 0 Å². The van der Waals surface area contributed by atoms with Gasteiger partial charge in [0.1, 0.15) is 12.4 Å². The Morgan fingerprint density at radius 3 is 2.44 bits per heavy atom. The largest absolute Gasteiger partial charge is 0.497 e. The SMILES string of the molecule is COc1ccc(COC(=O)C2OC2C(N)=O)cc1. The van der Waals surface area contributed by atoms with Gasteiger partial charge in [-0.2, -0.15) is 0 Å². The molecule has 0 bridgehead atoms. The number of methoxy groups -OCH3 is 1. The van der Waals surface area contributed by atoms with Gasteiger partial charge in [-0.15, -0.1) is 0 Å². The summed E-state index contributed by atoms with van der Waals surface area (Å²) in [5.41, 5.74) is 5.80. The van der Waals surface area contributed by atoms with Crippen molar-refractivity contribution in [1.82, 2.24) is 0 Å². The van der Waals surface area contributed by atoms with E-state index in [1.54, 1.807) is 31.4 Å². The van der Waals surface area contributed by atoms with E-state index in [1.165, 1.54) is 0 Å². The Labute approximate surface area is 104 Å². The number of hydrogen-bond acceptors (Lipinski definition) is 5. The molecule has 6 nitrogen and oxygen atoms in total. The third-order valence-electron chi connectivity index (χ3n) is 2.54. The number of rotatable bonds is 5. The minimum atomic E-state index is -0.847. The van der Waals surface area contributed by atoms with Crippen LogP contribution in [0.1, 0.15) is 5.56 Å². The zero-order chi connectivity index (χ0) is 13.1. The molecule has 1 saturated heterocycles. The van der Waals surface area contributed by atoms with E-state index in [2.05, 4.69) is 0 Å². The summed E-state index contributed by atoms with van der Waals surface area (Å²) in [6.07, 6.45) is -1.69. The molecule has 0 aromatic heterocycles. The van der Waals surface area contributed by atoms with Crippen molar-refractivity contribution in [2.24, 2.45) is 5.73 Å². The van der Waals surface area contributed by atoms with Crippen molar-refractivity contribution in [3.8, 4) is 5.75 Å². The van der Waals surface area contributed by atoms with Crippen LogP contribution in [0, 0.1) is 0 Å². The van der Waals surface area contributed by atoms with Gasteiger partial charge in [0.25, 0.3) is 0 Å².